The Hall–Kier alpha value is -1.82. The summed E-state index contributed by atoms with van der Waals surface area (Å²) in [7, 11) is 1.52. The summed E-state index contributed by atoms with van der Waals surface area (Å²) in [4.78, 5) is 12.8. The SMILES string of the molecule is COc1cc(N2CCCC(CCN)C2)cc([N+](=O)[O-])c1. The first-order chi connectivity index (χ1) is 9.63. The van der Waals surface area contributed by atoms with Crippen LogP contribution in [0.3, 0.4) is 0 Å². The minimum absolute atomic E-state index is 0.0697. The van der Waals surface area contributed by atoms with Crippen molar-refractivity contribution >= 4 is 11.4 Å². The lowest BCUT2D eigenvalue weighted by Gasteiger charge is -2.34. The lowest BCUT2D eigenvalue weighted by Crippen LogP contribution is -2.36. The van der Waals surface area contributed by atoms with Gasteiger partial charge in [-0.2, -0.15) is 0 Å². The fourth-order valence-corrected chi connectivity index (χ4v) is 2.74. The number of nitro groups is 1. The zero-order valence-electron chi connectivity index (χ0n) is 11.7. The van der Waals surface area contributed by atoms with Gasteiger partial charge >= 0.3 is 0 Å². The van der Waals surface area contributed by atoms with Crippen LogP contribution >= 0.6 is 0 Å². The van der Waals surface area contributed by atoms with E-state index in [4.69, 9.17) is 10.5 Å². The number of nitro benzene ring substituents is 1. The minimum Gasteiger partial charge on any atom is -0.496 e. The van der Waals surface area contributed by atoms with Gasteiger partial charge in [0.25, 0.3) is 5.69 Å². The van der Waals surface area contributed by atoms with Crippen LogP contribution in [0.5, 0.6) is 5.75 Å². The third-order valence-electron chi connectivity index (χ3n) is 3.78. The first-order valence-electron chi connectivity index (χ1n) is 6.92. The van der Waals surface area contributed by atoms with Gasteiger partial charge in [-0.25, -0.2) is 0 Å². The first kappa shape index (κ1) is 14.6. The molecule has 0 saturated carbocycles. The first-order valence-corrected chi connectivity index (χ1v) is 6.92. The molecule has 20 heavy (non-hydrogen) atoms. The zero-order chi connectivity index (χ0) is 14.5. The van der Waals surface area contributed by atoms with Crippen molar-refractivity contribution in [2.75, 3.05) is 31.6 Å². The second-order valence-corrected chi connectivity index (χ2v) is 5.18. The molecule has 0 amide bonds. The number of non-ortho nitro benzene ring substituents is 1. The lowest BCUT2D eigenvalue weighted by atomic mass is 9.94. The van der Waals surface area contributed by atoms with E-state index in [1.165, 1.54) is 19.6 Å². The van der Waals surface area contributed by atoms with Gasteiger partial charge in [0.1, 0.15) is 5.75 Å². The average molecular weight is 279 g/mol. The Bertz CT molecular complexity index is 477. The van der Waals surface area contributed by atoms with Crippen LogP contribution in [0.4, 0.5) is 11.4 Å². The molecule has 1 aliphatic rings. The van der Waals surface area contributed by atoms with Crippen LogP contribution < -0.4 is 15.4 Å². The van der Waals surface area contributed by atoms with Crippen LogP contribution in [0.15, 0.2) is 18.2 Å². The van der Waals surface area contributed by atoms with Crippen molar-refractivity contribution in [2.24, 2.45) is 11.7 Å². The highest BCUT2D eigenvalue weighted by Gasteiger charge is 2.21. The molecule has 0 aliphatic carbocycles. The smallest absolute Gasteiger partial charge is 0.275 e. The van der Waals surface area contributed by atoms with Gasteiger partial charge in [0, 0.05) is 30.9 Å². The van der Waals surface area contributed by atoms with Gasteiger partial charge in [0.15, 0.2) is 0 Å². The molecular weight excluding hydrogens is 258 g/mol. The van der Waals surface area contributed by atoms with Crippen molar-refractivity contribution in [3.63, 3.8) is 0 Å². The Labute approximate surface area is 118 Å². The van der Waals surface area contributed by atoms with Crippen molar-refractivity contribution in [1.29, 1.82) is 0 Å². The molecule has 1 heterocycles. The number of ether oxygens (including phenoxy) is 1. The fourth-order valence-electron chi connectivity index (χ4n) is 2.74. The van der Waals surface area contributed by atoms with E-state index in [0.29, 0.717) is 18.2 Å². The van der Waals surface area contributed by atoms with Gasteiger partial charge in [-0.1, -0.05) is 0 Å². The largest absolute Gasteiger partial charge is 0.496 e. The lowest BCUT2D eigenvalue weighted by molar-refractivity contribution is -0.384. The molecule has 2 rings (SSSR count). The predicted molar refractivity (Wildman–Crippen MR) is 78.3 cm³/mol. The van der Waals surface area contributed by atoms with Gasteiger partial charge in [-0.05, 0) is 31.7 Å². The van der Waals surface area contributed by atoms with Crippen LogP contribution in [0.1, 0.15) is 19.3 Å². The number of nitrogens with zero attached hydrogens (tertiary/aromatic N) is 2. The Morgan fingerprint density at radius 2 is 2.30 bits per heavy atom. The number of hydrogen-bond donors (Lipinski definition) is 1. The summed E-state index contributed by atoms with van der Waals surface area (Å²) in [5.74, 6) is 1.09. The predicted octanol–water partition coefficient (Wildman–Crippen LogP) is 2.17. The van der Waals surface area contributed by atoms with E-state index in [-0.39, 0.29) is 10.6 Å². The molecule has 1 atom stereocenters. The molecule has 1 aromatic rings. The summed E-state index contributed by atoms with van der Waals surface area (Å²) in [6, 6.07) is 4.93. The molecule has 6 nitrogen and oxygen atoms in total. The summed E-state index contributed by atoms with van der Waals surface area (Å²) in [5.41, 5.74) is 6.55. The molecule has 2 N–H and O–H groups in total. The van der Waals surface area contributed by atoms with E-state index < -0.39 is 0 Å². The van der Waals surface area contributed by atoms with Gasteiger partial charge in [-0.3, -0.25) is 10.1 Å². The molecule has 1 unspecified atom stereocenters. The molecule has 110 valence electrons. The zero-order valence-corrected chi connectivity index (χ0v) is 11.7. The van der Waals surface area contributed by atoms with Crippen LogP contribution in [-0.2, 0) is 0 Å². The maximum atomic E-state index is 11.0. The maximum absolute atomic E-state index is 11.0. The quantitative estimate of drug-likeness (QED) is 0.660. The van der Waals surface area contributed by atoms with E-state index in [0.717, 1.165) is 31.6 Å². The van der Waals surface area contributed by atoms with Crippen molar-refractivity contribution in [1.82, 2.24) is 0 Å². The van der Waals surface area contributed by atoms with Crippen LogP contribution in [0, 0.1) is 16.0 Å². The summed E-state index contributed by atoms with van der Waals surface area (Å²) < 4.78 is 5.16. The van der Waals surface area contributed by atoms with E-state index in [9.17, 15) is 10.1 Å². The van der Waals surface area contributed by atoms with E-state index in [2.05, 4.69) is 4.90 Å². The van der Waals surface area contributed by atoms with E-state index in [1.54, 1.807) is 6.07 Å². The molecule has 0 aromatic heterocycles. The molecule has 1 fully saturated rings. The summed E-state index contributed by atoms with van der Waals surface area (Å²) in [5, 5.41) is 11.0. The second kappa shape index (κ2) is 6.56. The summed E-state index contributed by atoms with van der Waals surface area (Å²) in [6.07, 6.45) is 3.28. The van der Waals surface area contributed by atoms with Gasteiger partial charge < -0.3 is 15.4 Å². The number of methoxy groups -OCH3 is 1. The topological polar surface area (TPSA) is 81.6 Å². The van der Waals surface area contributed by atoms with Crippen molar-refractivity contribution in [3.05, 3.63) is 28.3 Å². The highest BCUT2D eigenvalue weighted by molar-refractivity contribution is 5.58. The Morgan fingerprint density at radius 3 is 2.95 bits per heavy atom. The highest BCUT2D eigenvalue weighted by Crippen LogP contribution is 2.31. The van der Waals surface area contributed by atoms with Gasteiger partial charge in [0.2, 0.25) is 0 Å². The standard InChI is InChI=1S/C14H21N3O3/c1-20-14-8-12(7-13(9-14)17(18)19)16-6-2-3-11(10-16)4-5-15/h7-9,11H,2-6,10,15H2,1H3. The Kier molecular flexibility index (Phi) is 4.79. The number of benzene rings is 1. The van der Waals surface area contributed by atoms with Crippen molar-refractivity contribution < 1.29 is 9.66 Å². The van der Waals surface area contributed by atoms with Gasteiger partial charge in [0.05, 0.1) is 18.1 Å². The minimum atomic E-state index is -0.382. The van der Waals surface area contributed by atoms with Crippen molar-refractivity contribution in [3.8, 4) is 5.75 Å². The molecule has 1 saturated heterocycles. The van der Waals surface area contributed by atoms with E-state index >= 15 is 0 Å². The molecule has 0 bridgehead atoms. The summed E-state index contributed by atoms with van der Waals surface area (Å²) >= 11 is 0. The molecule has 1 aliphatic heterocycles. The van der Waals surface area contributed by atoms with Gasteiger partial charge in [-0.15, -0.1) is 0 Å². The van der Waals surface area contributed by atoms with Crippen LogP contribution in [0.25, 0.3) is 0 Å². The Balaban J connectivity index is 2.22. The third-order valence-corrected chi connectivity index (χ3v) is 3.78. The molecule has 0 spiro atoms. The monoisotopic (exact) mass is 279 g/mol. The third kappa shape index (κ3) is 3.39. The second-order valence-electron chi connectivity index (χ2n) is 5.18. The molecule has 1 aromatic carbocycles. The van der Waals surface area contributed by atoms with E-state index in [1.807, 2.05) is 6.07 Å². The molecular formula is C14H21N3O3. The highest BCUT2D eigenvalue weighted by atomic mass is 16.6. The molecule has 6 heteroatoms. The number of rotatable bonds is 5. The number of anilines is 1. The van der Waals surface area contributed by atoms with Crippen molar-refractivity contribution in [2.45, 2.75) is 19.3 Å². The summed E-state index contributed by atoms with van der Waals surface area (Å²) in [6.45, 7) is 2.52. The Morgan fingerprint density at radius 1 is 1.50 bits per heavy atom. The van der Waals surface area contributed by atoms with Crippen LogP contribution in [-0.4, -0.2) is 31.7 Å². The average Bonchev–Trinajstić information content (AvgIpc) is 2.47. The maximum Gasteiger partial charge on any atom is 0.275 e. The number of nitrogens with two attached hydrogens (primary N) is 1. The number of piperidine rings is 1. The fraction of sp³-hybridized carbons (Fsp3) is 0.571. The van der Waals surface area contributed by atoms with Crippen LogP contribution in [0.2, 0.25) is 0 Å². The molecule has 0 radical (unpaired) electrons. The number of hydrogen-bond acceptors (Lipinski definition) is 5. The normalized spacial score (nSPS) is 18.9.